The molecule has 1 atom stereocenters. The number of nitrogen functional groups attached to an aromatic ring is 1. The SMILES string of the molecule is CC(C)(C)OC(=O)[C@H](CCC(=O)O)NC(=O)c1ccc(CCCc2cc3c(=O)[nH]c(N)nc3[nH]2)s1. The maximum atomic E-state index is 12.7. The smallest absolute Gasteiger partial charge is 0.329 e. The van der Waals surface area contributed by atoms with Crippen molar-refractivity contribution in [3.05, 3.63) is 44.0 Å². The van der Waals surface area contributed by atoms with E-state index < -0.39 is 29.5 Å². The highest BCUT2D eigenvalue weighted by atomic mass is 32.1. The van der Waals surface area contributed by atoms with Gasteiger partial charge in [0.1, 0.15) is 17.3 Å². The average Bonchev–Trinajstić information content (AvgIpc) is 3.36. The predicted octanol–water partition coefficient (Wildman–Crippen LogP) is 2.38. The van der Waals surface area contributed by atoms with Crippen molar-refractivity contribution in [3.8, 4) is 0 Å². The second-order valence-corrected chi connectivity index (χ2v) is 10.3. The topological polar surface area (TPSA) is 180 Å². The minimum Gasteiger partial charge on any atom is -0.481 e. The van der Waals surface area contributed by atoms with Gasteiger partial charge in [-0.3, -0.25) is 19.4 Å². The van der Waals surface area contributed by atoms with Crippen LogP contribution in [0.25, 0.3) is 11.0 Å². The Labute approximate surface area is 205 Å². The fraction of sp³-hybridized carbons (Fsp3) is 0.435. The molecule has 188 valence electrons. The van der Waals surface area contributed by atoms with Gasteiger partial charge in [0.05, 0.1) is 10.3 Å². The number of aryl methyl sites for hydroxylation is 2. The third kappa shape index (κ3) is 7.41. The highest BCUT2D eigenvalue weighted by Crippen LogP contribution is 2.20. The van der Waals surface area contributed by atoms with Crippen LogP contribution in [0.2, 0.25) is 0 Å². The average molecular weight is 504 g/mol. The quantitative estimate of drug-likeness (QED) is 0.261. The van der Waals surface area contributed by atoms with Crippen LogP contribution in [0.15, 0.2) is 23.0 Å². The number of nitrogens with zero attached hydrogens (tertiary/aromatic N) is 1. The fourth-order valence-electron chi connectivity index (χ4n) is 3.43. The van der Waals surface area contributed by atoms with Crippen molar-refractivity contribution in [3.63, 3.8) is 0 Å². The highest BCUT2D eigenvalue weighted by molar-refractivity contribution is 7.14. The van der Waals surface area contributed by atoms with Crippen molar-refractivity contribution < 1.29 is 24.2 Å². The first-order valence-corrected chi connectivity index (χ1v) is 11.9. The van der Waals surface area contributed by atoms with Gasteiger partial charge in [-0.25, -0.2) is 4.79 Å². The van der Waals surface area contributed by atoms with Crippen LogP contribution in [0.1, 0.15) is 60.3 Å². The Bertz CT molecular complexity index is 1290. The molecule has 1 amide bonds. The maximum absolute atomic E-state index is 12.7. The number of amides is 1. The zero-order chi connectivity index (χ0) is 25.8. The molecule has 35 heavy (non-hydrogen) atoms. The molecule has 3 aromatic heterocycles. The van der Waals surface area contributed by atoms with Crippen molar-refractivity contribution in [2.75, 3.05) is 5.73 Å². The lowest BCUT2D eigenvalue weighted by Gasteiger charge is -2.24. The van der Waals surface area contributed by atoms with Gasteiger partial charge < -0.3 is 25.9 Å². The number of aromatic nitrogens is 3. The van der Waals surface area contributed by atoms with E-state index in [1.165, 1.54) is 11.3 Å². The van der Waals surface area contributed by atoms with Crippen LogP contribution < -0.4 is 16.6 Å². The molecule has 11 nitrogen and oxygen atoms in total. The molecule has 3 heterocycles. The number of fused-ring (bicyclic) bond motifs is 1. The Morgan fingerprint density at radius 2 is 1.97 bits per heavy atom. The van der Waals surface area contributed by atoms with Crippen molar-refractivity contribution in [1.82, 2.24) is 20.3 Å². The van der Waals surface area contributed by atoms with E-state index in [1.807, 2.05) is 6.07 Å². The summed E-state index contributed by atoms with van der Waals surface area (Å²) in [6, 6.07) is 4.21. The number of aromatic amines is 2. The number of anilines is 1. The molecule has 3 aromatic rings. The largest absolute Gasteiger partial charge is 0.481 e. The second kappa shape index (κ2) is 10.7. The number of carbonyl (C=O) groups excluding carboxylic acids is 2. The molecule has 0 aliphatic heterocycles. The first-order chi connectivity index (χ1) is 16.4. The summed E-state index contributed by atoms with van der Waals surface area (Å²) in [4.78, 5) is 59.1. The number of carboxylic acids is 1. The molecule has 0 bridgehead atoms. The zero-order valence-corrected chi connectivity index (χ0v) is 20.6. The number of ether oxygens (including phenoxy) is 1. The normalized spacial score (nSPS) is 12.4. The van der Waals surface area contributed by atoms with Crippen LogP contribution >= 0.6 is 11.3 Å². The molecule has 0 aromatic carbocycles. The van der Waals surface area contributed by atoms with Crippen molar-refractivity contribution >= 4 is 46.2 Å². The number of nitrogens with two attached hydrogens (primary N) is 1. The Morgan fingerprint density at radius 1 is 1.23 bits per heavy atom. The lowest BCUT2D eigenvalue weighted by atomic mass is 10.1. The number of thiophene rings is 1. The summed E-state index contributed by atoms with van der Waals surface area (Å²) in [6.45, 7) is 5.10. The maximum Gasteiger partial charge on any atom is 0.329 e. The molecule has 0 aliphatic rings. The van der Waals surface area contributed by atoms with E-state index in [-0.39, 0.29) is 24.3 Å². The molecule has 0 saturated heterocycles. The number of rotatable bonds is 10. The van der Waals surface area contributed by atoms with Gasteiger partial charge in [0.25, 0.3) is 11.5 Å². The summed E-state index contributed by atoms with van der Waals surface area (Å²) in [6.07, 6.45) is 1.80. The van der Waals surface area contributed by atoms with Crippen LogP contribution in [0.5, 0.6) is 0 Å². The van der Waals surface area contributed by atoms with Gasteiger partial charge in [0.15, 0.2) is 0 Å². The van der Waals surface area contributed by atoms with E-state index in [1.54, 1.807) is 32.9 Å². The van der Waals surface area contributed by atoms with Crippen molar-refractivity contribution in [1.29, 1.82) is 0 Å². The molecule has 0 fully saturated rings. The fourth-order valence-corrected chi connectivity index (χ4v) is 4.39. The molecule has 6 N–H and O–H groups in total. The van der Waals surface area contributed by atoms with Crippen LogP contribution in [0, 0.1) is 0 Å². The molecule has 0 radical (unpaired) electrons. The van der Waals surface area contributed by atoms with Crippen LogP contribution in [-0.2, 0) is 27.2 Å². The van der Waals surface area contributed by atoms with E-state index in [0.717, 1.165) is 17.0 Å². The lowest BCUT2D eigenvalue weighted by molar-refractivity contribution is -0.157. The summed E-state index contributed by atoms with van der Waals surface area (Å²) < 4.78 is 5.33. The van der Waals surface area contributed by atoms with Gasteiger partial charge >= 0.3 is 11.9 Å². The Hall–Kier alpha value is -3.67. The van der Waals surface area contributed by atoms with Gasteiger partial charge in [0.2, 0.25) is 5.95 Å². The van der Waals surface area contributed by atoms with Crippen molar-refractivity contribution in [2.24, 2.45) is 0 Å². The molecular formula is C23H29N5O6S. The number of carboxylic acid groups (broad SMARTS) is 1. The van der Waals surface area contributed by atoms with Gasteiger partial charge in [-0.15, -0.1) is 11.3 Å². The summed E-state index contributed by atoms with van der Waals surface area (Å²) >= 11 is 1.30. The monoisotopic (exact) mass is 503 g/mol. The number of esters is 1. The van der Waals surface area contributed by atoms with Gasteiger partial charge in [0, 0.05) is 17.0 Å². The molecule has 0 aliphatic carbocycles. The number of carbonyl (C=O) groups is 3. The van der Waals surface area contributed by atoms with E-state index in [2.05, 4.69) is 20.3 Å². The Kier molecular flexibility index (Phi) is 7.95. The third-order valence-corrected chi connectivity index (χ3v) is 6.11. The van der Waals surface area contributed by atoms with Crippen molar-refractivity contribution in [2.45, 2.75) is 64.5 Å². The molecule has 12 heteroatoms. The number of H-pyrrole nitrogens is 2. The van der Waals surface area contributed by atoms with Crippen LogP contribution in [0.3, 0.4) is 0 Å². The van der Waals surface area contributed by atoms with Gasteiger partial charge in [-0.05, 0) is 64.7 Å². The van der Waals surface area contributed by atoms with E-state index in [4.69, 9.17) is 15.6 Å². The lowest BCUT2D eigenvalue weighted by Crippen LogP contribution is -2.44. The first kappa shape index (κ1) is 25.9. The minimum atomic E-state index is -1.06. The zero-order valence-electron chi connectivity index (χ0n) is 19.8. The summed E-state index contributed by atoms with van der Waals surface area (Å²) in [7, 11) is 0. The highest BCUT2D eigenvalue weighted by Gasteiger charge is 2.28. The molecule has 0 unspecified atom stereocenters. The minimum absolute atomic E-state index is 0.0529. The Morgan fingerprint density at radius 3 is 2.66 bits per heavy atom. The number of aliphatic carboxylic acids is 1. The van der Waals surface area contributed by atoms with Gasteiger partial charge in [-0.2, -0.15) is 4.98 Å². The number of hydrogen-bond donors (Lipinski definition) is 5. The molecule has 3 rings (SSSR count). The first-order valence-electron chi connectivity index (χ1n) is 11.1. The van der Waals surface area contributed by atoms with Gasteiger partial charge in [-0.1, -0.05) is 0 Å². The number of nitrogens with one attached hydrogen (secondary N) is 3. The predicted molar refractivity (Wildman–Crippen MR) is 131 cm³/mol. The standard InChI is InChI=1S/C23H29N5O6S/c1-23(2,3)34-21(33)15(8-10-17(29)30)26-20(32)16-9-7-13(35-16)6-4-5-12-11-14-18(25-12)27-22(24)28-19(14)31/h7,9,11,15H,4-6,8,10H2,1-3H3,(H,26,32)(H,29,30)(H4,24,25,27,28,31)/t15-/m0/s1. The third-order valence-electron chi connectivity index (χ3n) is 4.97. The van der Waals surface area contributed by atoms with E-state index >= 15 is 0 Å². The van der Waals surface area contributed by atoms with E-state index in [9.17, 15) is 19.2 Å². The van der Waals surface area contributed by atoms with Crippen LogP contribution in [0.4, 0.5) is 5.95 Å². The molecule has 0 spiro atoms. The number of hydrogen-bond acceptors (Lipinski definition) is 8. The molecule has 0 saturated carbocycles. The molecular weight excluding hydrogens is 474 g/mol. The summed E-state index contributed by atoms with van der Waals surface area (Å²) in [5.41, 5.74) is 5.81. The Balaban J connectivity index is 1.58. The summed E-state index contributed by atoms with van der Waals surface area (Å²) in [5.74, 6) is -2.14. The second-order valence-electron chi connectivity index (χ2n) is 9.12. The van der Waals surface area contributed by atoms with Crippen LogP contribution in [-0.4, -0.2) is 49.5 Å². The summed E-state index contributed by atoms with van der Waals surface area (Å²) in [5, 5.41) is 12.0. The van der Waals surface area contributed by atoms with E-state index in [0.29, 0.717) is 28.8 Å².